The molecule has 0 amide bonds. The van der Waals surface area contributed by atoms with Crippen molar-refractivity contribution in [1.82, 2.24) is 59.1 Å². The van der Waals surface area contributed by atoms with E-state index < -0.39 is 51.7 Å². The second-order valence-corrected chi connectivity index (χ2v) is 40.6. The molecule has 0 bridgehead atoms. The van der Waals surface area contributed by atoms with Crippen LogP contribution in [0.2, 0.25) is 0 Å². The van der Waals surface area contributed by atoms with E-state index in [2.05, 4.69) is 122 Å². The maximum Gasteiger partial charge on any atom is 0.263 e. The van der Waals surface area contributed by atoms with Crippen molar-refractivity contribution in [2.24, 2.45) is 0 Å². The van der Waals surface area contributed by atoms with Gasteiger partial charge in [-0.2, -0.15) is 20.4 Å². The summed E-state index contributed by atoms with van der Waals surface area (Å²) in [4.78, 5) is 17.9. The molecule has 8 heterocycles. The van der Waals surface area contributed by atoms with Gasteiger partial charge in [0.1, 0.15) is 23.3 Å². The van der Waals surface area contributed by atoms with Crippen LogP contribution in [0.3, 0.4) is 0 Å². The molecule has 123 heavy (non-hydrogen) atoms. The first-order valence-corrected chi connectivity index (χ1v) is 45.4. The van der Waals surface area contributed by atoms with E-state index in [1.54, 1.807) is 138 Å². The molecule has 0 fully saturated rings. The van der Waals surface area contributed by atoms with Crippen LogP contribution in [-0.2, 0) is 68.3 Å². The highest BCUT2D eigenvalue weighted by Crippen LogP contribution is 2.35. The zero-order valence-electron chi connectivity index (χ0n) is 71.0. The standard InChI is InChI=1S/C24H26N4O2S.2C23H23FN4O2S.C23H24N4O2S/c1-17-15-23(27-31(29,30)20-12-10-19(11-13-20)24(2,3)4)28(26-17)16-18-7-5-9-22-21(18)8-6-14-25-22;1-15-13-22(27-31(29,30)18-8-5-16(6-9-18)23(2,3)4)28(26-15)21-11-12-25-20-10-7-17(24)14-19(20)21;1-15-21(24)22(27-31(29,30)17-12-10-16(11-13-17)23(2,3)4)28(26-15)20-9-5-8-19-18(20)7-6-14-25-19;1-16-14-22(26-30(28,29)20-11-8-18(9-12-20)23(2,3)4)27(25-16)19-10-7-17-6-5-13-24-21(17)15-19/h5-15,27H,16H2,1-4H3;2*5-14,27H,1-4H3;5-15,26H,1-4H3. The lowest BCUT2D eigenvalue weighted by Crippen LogP contribution is -2.17. The number of pyridine rings is 4. The van der Waals surface area contributed by atoms with E-state index >= 15 is 0 Å². The van der Waals surface area contributed by atoms with Gasteiger partial charge in [-0.15, -0.1) is 0 Å². The minimum Gasteiger partial charge on any atom is -0.264 e. The van der Waals surface area contributed by atoms with Gasteiger partial charge in [0.2, 0.25) is 0 Å². The van der Waals surface area contributed by atoms with Gasteiger partial charge in [0.05, 0.1) is 88.0 Å². The van der Waals surface area contributed by atoms with E-state index in [4.69, 9.17) is 0 Å². The van der Waals surface area contributed by atoms with E-state index in [9.17, 15) is 42.5 Å². The normalized spacial score (nSPS) is 12.3. The molecule has 30 heteroatoms. The van der Waals surface area contributed by atoms with Gasteiger partial charge in [-0.3, -0.25) is 38.8 Å². The molecule has 0 spiro atoms. The second kappa shape index (κ2) is 34.5. The predicted molar refractivity (Wildman–Crippen MR) is 482 cm³/mol. The van der Waals surface area contributed by atoms with Crippen LogP contribution in [0.4, 0.5) is 32.1 Å². The Morgan fingerprint density at radius 3 is 1.25 bits per heavy atom. The largest absolute Gasteiger partial charge is 0.264 e. The number of aromatic nitrogens is 12. The van der Waals surface area contributed by atoms with Crippen molar-refractivity contribution in [3.63, 3.8) is 0 Å². The second-order valence-electron chi connectivity index (χ2n) is 33.9. The van der Waals surface area contributed by atoms with Gasteiger partial charge >= 0.3 is 0 Å². The van der Waals surface area contributed by atoms with Crippen molar-refractivity contribution >= 4 is 107 Å². The first-order valence-electron chi connectivity index (χ1n) is 39.4. The van der Waals surface area contributed by atoms with Crippen LogP contribution in [0.5, 0.6) is 0 Å². The lowest BCUT2D eigenvalue weighted by molar-refractivity contribution is 0.587. The number of fused-ring (bicyclic) bond motifs is 4. The minimum absolute atomic E-state index is 0.0429. The number of nitrogens with zero attached hydrogens (tertiary/aromatic N) is 12. The number of rotatable bonds is 17. The smallest absolute Gasteiger partial charge is 0.263 e. The molecule has 8 aromatic heterocycles. The van der Waals surface area contributed by atoms with Crippen LogP contribution >= 0.6 is 0 Å². The Labute approximate surface area is 715 Å². The molecule has 0 radical (unpaired) electrons. The summed E-state index contributed by atoms with van der Waals surface area (Å²) in [5, 5.41) is 20.9. The van der Waals surface area contributed by atoms with Gasteiger partial charge in [-0.1, -0.05) is 168 Å². The molecule has 8 aromatic carbocycles. The highest BCUT2D eigenvalue weighted by molar-refractivity contribution is 7.93. The van der Waals surface area contributed by atoms with Crippen molar-refractivity contribution < 1.29 is 42.5 Å². The molecule has 0 aliphatic carbocycles. The summed E-state index contributed by atoms with van der Waals surface area (Å²) < 4.78 is 149. The summed E-state index contributed by atoms with van der Waals surface area (Å²) in [6.07, 6.45) is 6.72. The van der Waals surface area contributed by atoms with Crippen LogP contribution in [0, 0.1) is 39.3 Å². The molecule has 0 atom stereocenters. The molecule has 0 aliphatic heterocycles. The molecule has 0 saturated heterocycles. The number of hydrogen-bond acceptors (Lipinski definition) is 16. The van der Waals surface area contributed by atoms with Gasteiger partial charge in [0.25, 0.3) is 40.1 Å². The van der Waals surface area contributed by atoms with Crippen LogP contribution in [0.25, 0.3) is 60.7 Å². The van der Waals surface area contributed by atoms with Gasteiger partial charge in [0.15, 0.2) is 11.6 Å². The zero-order valence-corrected chi connectivity index (χ0v) is 74.2. The predicted octanol–water partition coefficient (Wildman–Crippen LogP) is 19.6. The monoisotopic (exact) mass is 1730 g/mol. The Morgan fingerprint density at radius 1 is 0.333 bits per heavy atom. The van der Waals surface area contributed by atoms with Crippen molar-refractivity contribution in [3.05, 3.63) is 318 Å². The molecule has 16 aromatic rings. The SMILES string of the molecule is Cc1cc(NS(=O)(=O)c2ccc(C(C)(C)C)cc2)n(-c2ccc3cccnc3c2)n1.Cc1cc(NS(=O)(=O)c2ccc(C(C)(C)C)cc2)n(-c2ccnc3ccc(F)cc23)n1.Cc1cc(NS(=O)(=O)c2ccc(C(C)(C)C)cc2)n(Cc2cccc3ncccc23)n1.Cc1nn(-c2cccc3ncccc23)c(NS(=O)(=O)c2ccc(C(C)(C)C)cc2)c1F. The number of anilines is 4. The highest BCUT2D eigenvalue weighted by atomic mass is 32.2. The third kappa shape index (κ3) is 20.3. The van der Waals surface area contributed by atoms with E-state index in [1.165, 1.54) is 40.6 Å². The topological polar surface area (TPSA) is 308 Å². The summed E-state index contributed by atoms with van der Waals surface area (Å²) in [5.41, 5.74) is 11.8. The number of aryl methyl sites for hydroxylation is 4. The Balaban J connectivity index is 0.000000141. The lowest BCUT2D eigenvalue weighted by Gasteiger charge is -2.19. The van der Waals surface area contributed by atoms with Gasteiger partial charge in [-0.25, -0.2) is 61.2 Å². The number of halogens is 2. The van der Waals surface area contributed by atoms with Crippen LogP contribution in [0.15, 0.2) is 275 Å². The summed E-state index contributed by atoms with van der Waals surface area (Å²) in [5.74, 6) is -0.314. The van der Waals surface area contributed by atoms with E-state index in [-0.39, 0.29) is 58.6 Å². The van der Waals surface area contributed by atoms with Gasteiger partial charge < -0.3 is 0 Å². The van der Waals surface area contributed by atoms with Crippen LogP contribution in [-0.4, -0.2) is 92.7 Å². The molecule has 0 aliphatic rings. The average molecular weight is 1730 g/mol. The van der Waals surface area contributed by atoms with Crippen molar-refractivity contribution in [2.75, 3.05) is 18.9 Å². The minimum atomic E-state index is -4.03. The molecular weight excluding hydrogens is 1640 g/mol. The van der Waals surface area contributed by atoms with Crippen molar-refractivity contribution in [2.45, 2.75) is 159 Å². The number of hydrogen-bond donors (Lipinski definition) is 4. The van der Waals surface area contributed by atoms with Crippen molar-refractivity contribution in [3.8, 4) is 17.1 Å². The fraction of sp³-hybridized carbons (Fsp3) is 0.226. The van der Waals surface area contributed by atoms with E-state index in [0.717, 1.165) is 66.4 Å². The first kappa shape index (κ1) is 87.9. The first-order chi connectivity index (χ1) is 57.9. The summed E-state index contributed by atoms with van der Waals surface area (Å²) in [6.45, 7) is 32.3. The molecule has 24 nitrogen and oxygen atoms in total. The molecule has 16 rings (SSSR count). The average Bonchev–Trinajstić information content (AvgIpc) is 1.63. The molecule has 4 N–H and O–H groups in total. The third-order valence-corrected chi connectivity index (χ3v) is 25.7. The third-order valence-electron chi connectivity index (χ3n) is 20.3. The summed E-state index contributed by atoms with van der Waals surface area (Å²) in [7, 11) is -15.4. The van der Waals surface area contributed by atoms with Crippen molar-refractivity contribution in [1.29, 1.82) is 0 Å². The van der Waals surface area contributed by atoms with E-state index in [0.29, 0.717) is 57.4 Å². The van der Waals surface area contributed by atoms with Gasteiger partial charge in [0, 0.05) is 64.5 Å². The quantitative estimate of drug-likeness (QED) is 0.0658. The fourth-order valence-electron chi connectivity index (χ4n) is 13.6. The van der Waals surface area contributed by atoms with E-state index in [1.807, 2.05) is 144 Å². The molecular formula is C93H96F2N16O8S4. The zero-order chi connectivity index (χ0) is 88.5. The Hall–Kier alpha value is -12.9. The number of nitrogens with one attached hydrogen (secondary N) is 4. The molecule has 0 saturated carbocycles. The highest BCUT2D eigenvalue weighted by Gasteiger charge is 2.29. The Morgan fingerprint density at radius 2 is 0.740 bits per heavy atom. The maximum atomic E-state index is 14.9. The van der Waals surface area contributed by atoms with Gasteiger partial charge in [-0.05, 0) is 205 Å². The molecule has 634 valence electrons. The Bertz CT molecular complexity index is 7090. The summed E-state index contributed by atoms with van der Waals surface area (Å²) in [6, 6.07) is 66.7. The van der Waals surface area contributed by atoms with Crippen LogP contribution < -0.4 is 18.9 Å². The van der Waals surface area contributed by atoms with Crippen LogP contribution in [0.1, 0.15) is 134 Å². The Kier molecular flexibility index (Phi) is 24.7. The number of benzene rings is 8. The fourth-order valence-corrected chi connectivity index (χ4v) is 17.7. The summed E-state index contributed by atoms with van der Waals surface area (Å²) >= 11 is 0. The number of sulfonamides is 4. The maximum absolute atomic E-state index is 14.9. The lowest BCUT2D eigenvalue weighted by atomic mass is 9.87. The molecule has 0 unspecified atom stereocenters.